The Balaban J connectivity index is 1.58. The van der Waals surface area contributed by atoms with Gasteiger partial charge in [0.25, 0.3) is 0 Å². The van der Waals surface area contributed by atoms with Crippen LogP contribution in [0.1, 0.15) is 31.2 Å². The molecule has 1 aromatic heterocycles. The zero-order valence-corrected chi connectivity index (χ0v) is 13.9. The first-order valence-electron chi connectivity index (χ1n) is 8.38. The molecule has 2 aromatic rings. The zero-order valence-electron chi connectivity index (χ0n) is 13.9. The van der Waals surface area contributed by atoms with E-state index >= 15 is 0 Å². The number of hydrogen-bond donors (Lipinski definition) is 3. The maximum atomic E-state index is 12.2. The van der Waals surface area contributed by atoms with Crippen LogP contribution in [-0.2, 0) is 16.0 Å². The minimum absolute atomic E-state index is 0.0311. The van der Waals surface area contributed by atoms with Gasteiger partial charge in [0.2, 0.25) is 11.8 Å². The number of aromatic amines is 1. The van der Waals surface area contributed by atoms with E-state index < -0.39 is 6.04 Å². The summed E-state index contributed by atoms with van der Waals surface area (Å²) in [6.07, 6.45) is 5.66. The molecule has 24 heavy (non-hydrogen) atoms. The van der Waals surface area contributed by atoms with Gasteiger partial charge in [-0.15, -0.1) is 0 Å². The molecule has 6 nitrogen and oxygen atoms in total. The standard InChI is InChI=1S/C18H23N3O3/c1-24-13-6-7-15-14(10-13)12(11-20-15)8-9-19-18(23)16-4-2-3-5-17(22)21-16/h6-7,10-11,16,20H,2-5,8-9H2,1H3,(H,19,23)(H,21,22). The van der Waals surface area contributed by atoms with Crippen molar-refractivity contribution in [3.05, 3.63) is 30.0 Å². The number of carbonyl (C=O) groups excluding carboxylic acids is 2. The Labute approximate surface area is 141 Å². The summed E-state index contributed by atoms with van der Waals surface area (Å²) in [5.41, 5.74) is 2.18. The Morgan fingerprint density at radius 2 is 2.25 bits per heavy atom. The fourth-order valence-corrected chi connectivity index (χ4v) is 3.10. The average molecular weight is 329 g/mol. The summed E-state index contributed by atoms with van der Waals surface area (Å²) in [7, 11) is 1.65. The van der Waals surface area contributed by atoms with E-state index in [9.17, 15) is 9.59 Å². The van der Waals surface area contributed by atoms with E-state index in [0.717, 1.165) is 41.5 Å². The highest BCUT2D eigenvalue weighted by molar-refractivity contribution is 5.88. The highest BCUT2D eigenvalue weighted by Crippen LogP contribution is 2.23. The fourth-order valence-electron chi connectivity index (χ4n) is 3.10. The third kappa shape index (κ3) is 3.69. The van der Waals surface area contributed by atoms with Crippen LogP contribution in [0.25, 0.3) is 10.9 Å². The number of benzene rings is 1. The van der Waals surface area contributed by atoms with Gasteiger partial charge < -0.3 is 20.4 Å². The number of nitrogens with one attached hydrogen (secondary N) is 3. The second-order valence-corrected chi connectivity index (χ2v) is 6.13. The van der Waals surface area contributed by atoms with Crippen molar-refractivity contribution in [3.8, 4) is 5.75 Å². The number of amides is 2. The van der Waals surface area contributed by atoms with Gasteiger partial charge in [0.05, 0.1) is 7.11 Å². The summed E-state index contributed by atoms with van der Waals surface area (Å²) in [6.45, 7) is 0.537. The fraction of sp³-hybridized carbons (Fsp3) is 0.444. The van der Waals surface area contributed by atoms with Gasteiger partial charge in [-0.3, -0.25) is 9.59 Å². The first-order chi connectivity index (χ1) is 11.7. The van der Waals surface area contributed by atoms with Crippen molar-refractivity contribution in [2.75, 3.05) is 13.7 Å². The summed E-state index contributed by atoms with van der Waals surface area (Å²) in [5, 5.41) is 6.83. The lowest BCUT2D eigenvalue weighted by molar-refractivity contribution is -0.128. The minimum Gasteiger partial charge on any atom is -0.497 e. The molecule has 1 aliphatic heterocycles. The van der Waals surface area contributed by atoms with Crippen LogP contribution in [0.5, 0.6) is 5.75 Å². The van der Waals surface area contributed by atoms with Gasteiger partial charge in [-0.1, -0.05) is 6.42 Å². The third-order valence-corrected chi connectivity index (χ3v) is 4.47. The van der Waals surface area contributed by atoms with Gasteiger partial charge in [0, 0.05) is 30.1 Å². The van der Waals surface area contributed by atoms with E-state index in [2.05, 4.69) is 15.6 Å². The van der Waals surface area contributed by atoms with Crippen molar-refractivity contribution in [3.63, 3.8) is 0 Å². The van der Waals surface area contributed by atoms with Crippen LogP contribution in [0.2, 0.25) is 0 Å². The normalized spacial score (nSPS) is 18.0. The largest absolute Gasteiger partial charge is 0.497 e. The molecule has 1 atom stereocenters. The van der Waals surface area contributed by atoms with Crippen molar-refractivity contribution >= 4 is 22.7 Å². The third-order valence-electron chi connectivity index (χ3n) is 4.47. The molecule has 3 N–H and O–H groups in total. The molecule has 3 rings (SSSR count). The molecule has 2 heterocycles. The molecule has 1 unspecified atom stereocenters. The van der Waals surface area contributed by atoms with Gasteiger partial charge in [-0.05, 0) is 43.0 Å². The topological polar surface area (TPSA) is 83.2 Å². The molecule has 0 radical (unpaired) electrons. The maximum Gasteiger partial charge on any atom is 0.242 e. The summed E-state index contributed by atoms with van der Waals surface area (Å²) < 4.78 is 5.27. The molecular weight excluding hydrogens is 306 g/mol. The summed E-state index contributed by atoms with van der Waals surface area (Å²) in [4.78, 5) is 27.0. The van der Waals surface area contributed by atoms with E-state index in [1.54, 1.807) is 7.11 Å². The predicted octanol–water partition coefficient (Wildman–Crippen LogP) is 1.89. The van der Waals surface area contributed by atoms with Crippen LogP contribution in [0, 0.1) is 0 Å². The van der Waals surface area contributed by atoms with Crippen molar-refractivity contribution in [1.82, 2.24) is 15.6 Å². The molecule has 1 aliphatic rings. The van der Waals surface area contributed by atoms with Gasteiger partial charge in [-0.25, -0.2) is 0 Å². The molecule has 128 valence electrons. The smallest absolute Gasteiger partial charge is 0.242 e. The van der Waals surface area contributed by atoms with E-state index in [1.165, 1.54) is 0 Å². The van der Waals surface area contributed by atoms with E-state index in [0.29, 0.717) is 19.4 Å². The van der Waals surface area contributed by atoms with Crippen LogP contribution in [0.3, 0.4) is 0 Å². The zero-order chi connectivity index (χ0) is 16.9. The predicted molar refractivity (Wildman–Crippen MR) is 92.0 cm³/mol. The second kappa shape index (κ2) is 7.38. The maximum absolute atomic E-state index is 12.2. The van der Waals surface area contributed by atoms with E-state index in [-0.39, 0.29) is 11.8 Å². The van der Waals surface area contributed by atoms with Crippen molar-refractivity contribution < 1.29 is 14.3 Å². The van der Waals surface area contributed by atoms with E-state index in [1.807, 2.05) is 24.4 Å². The first-order valence-corrected chi connectivity index (χ1v) is 8.38. The Kier molecular flexibility index (Phi) is 5.03. The van der Waals surface area contributed by atoms with E-state index in [4.69, 9.17) is 4.74 Å². The summed E-state index contributed by atoms with van der Waals surface area (Å²) in [5.74, 6) is 0.688. The lowest BCUT2D eigenvalue weighted by atomic mass is 10.1. The highest BCUT2D eigenvalue weighted by atomic mass is 16.5. The number of carbonyl (C=O) groups is 2. The van der Waals surface area contributed by atoms with Crippen LogP contribution in [0.4, 0.5) is 0 Å². The van der Waals surface area contributed by atoms with Gasteiger partial charge >= 0.3 is 0 Å². The number of H-pyrrole nitrogens is 1. The SMILES string of the molecule is COc1ccc2[nH]cc(CCNC(=O)C3CCCCC(=O)N3)c2c1. The Morgan fingerprint density at radius 1 is 1.38 bits per heavy atom. The van der Waals surface area contributed by atoms with Gasteiger partial charge in [-0.2, -0.15) is 0 Å². The summed E-state index contributed by atoms with van der Waals surface area (Å²) >= 11 is 0. The number of hydrogen-bond acceptors (Lipinski definition) is 3. The quantitative estimate of drug-likeness (QED) is 0.783. The molecular formula is C18H23N3O3. The van der Waals surface area contributed by atoms with Crippen molar-refractivity contribution in [1.29, 1.82) is 0 Å². The second-order valence-electron chi connectivity index (χ2n) is 6.13. The minimum atomic E-state index is -0.400. The first kappa shape index (κ1) is 16.4. The van der Waals surface area contributed by atoms with Crippen molar-refractivity contribution in [2.24, 2.45) is 0 Å². The molecule has 1 fully saturated rings. The number of aromatic nitrogens is 1. The number of fused-ring (bicyclic) bond motifs is 1. The average Bonchev–Trinajstić information content (AvgIpc) is 2.86. The molecule has 2 amide bonds. The molecule has 0 spiro atoms. The number of methoxy groups -OCH3 is 1. The lowest BCUT2D eigenvalue weighted by Gasteiger charge is -2.15. The van der Waals surface area contributed by atoms with Crippen LogP contribution in [-0.4, -0.2) is 36.5 Å². The van der Waals surface area contributed by atoms with Crippen LogP contribution >= 0.6 is 0 Å². The molecule has 1 aromatic carbocycles. The Bertz CT molecular complexity index is 738. The highest BCUT2D eigenvalue weighted by Gasteiger charge is 2.22. The van der Waals surface area contributed by atoms with Crippen LogP contribution < -0.4 is 15.4 Å². The Morgan fingerprint density at radius 3 is 3.08 bits per heavy atom. The van der Waals surface area contributed by atoms with Crippen molar-refractivity contribution in [2.45, 2.75) is 38.1 Å². The number of rotatable bonds is 5. The van der Waals surface area contributed by atoms with Crippen LogP contribution in [0.15, 0.2) is 24.4 Å². The number of ether oxygens (including phenoxy) is 1. The molecule has 0 saturated carbocycles. The Hall–Kier alpha value is -2.50. The molecule has 1 saturated heterocycles. The lowest BCUT2D eigenvalue weighted by Crippen LogP contribution is -2.46. The molecule has 0 aliphatic carbocycles. The van der Waals surface area contributed by atoms with Gasteiger partial charge in [0.1, 0.15) is 11.8 Å². The monoisotopic (exact) mass is 329 g/mol. The molecule has 0 bridgehead atoms. The summed E-state index contributed by atoms with van der Waals surface area (Å²) in [6, 6.07) is 5.49. The van der Waals surface area contributed by atoms with Gasteiger partial charge in [0.15, 0.2) is 0 Å². The molecule has 6 heteroatoms.